The third kappa shape index (κ3) is 4.64. The lowest BCUT2D eigenvalue weighted by Crippen LogP contribution is -2.48. The van der Waals surface area contributed by atoms with Crippen molar-refractivity contribution in [2.45, 2.75) is 32.4 Å². The first-order chi connectivity index (χ1) is 10.6. The van der Waals surface area contributed by atoms with Crippen LogP contribution in [-0.2, 0) is 30.7 Å². The van der Waals surface area contributed by atoms with Crippen molar-refractivity contribution >= 4 is 33.1 Å². The third-order valence-electron chi connectivity index (χ3n) is 3.57. The summed E-state index contributed by atoms with van der Waals surface area (Å²) < 4.78 is 29.0. The molecule has 0 spiro atoms. The van der Waals surface area contributed by atoms with Crippen molar-refractivity contribution in [3.8, 4) is 0 Å². The van der Waals surface area contributed by atoms with Gasteiger partial charge in [0.15, 0.2) is 16.4 Å². The number of nitrogens with zero attached hydrogens (tertiary/aromatic N) is 1. The van der Waals surface area contributed by atoms with Gasteiger partial charge < -0.3 is 10.1 Å². The Balaban J connectivity index is 1.83. The summed E-state index contributed by atoms with van der Waals surface area (Å²) in [4.78, 5) is 34.7. The van der Waals surface area contributed by atoms with Gasteiger partial charge in [-0.3, -0.25) is 19.0 Å². The van der Waals surface area contributed by atoms with E-state index in [4.69, 9.17) is 4.74 Å². The standard InChI is InChI=1S/C13H18N2O6S2/c1-9-7-22-12(18)15(9)5-11(17)21-6-10(16)14-13(2)3-4-23(19,20)8-13/h7H,3-6,8H2,1-2H3,(H,14,16)/t13-/m0/s1. The smallest absolute Gasteiger partial charge is 0.326 e. The molecule has 8 nitrogen and oxygen atoms in total. The number of hydrogen-bond acceptors (Lipinski definition) is 7. The van der Waals surface area contributed by atoms with E-state index in [9.17, 15) is 22.8 Å². The van der Waals surface area contributed by atoms with E-state index in [0.29, 0.717) is 12.1 Å². The number of aryl methyl sites for hydroxylation is 1. The molecule has 1 atom stereocenters. The maximum Gasteiger partial charge on any atom is 0.326 e. The fourth-order valence-corrected chi connectivity index (χ4v) is 5.23. The number of rotatable bonds is 5. The Morgan fingerprint density at radius 1 is 1.48 bits per heavy atom. The van der Waals surface area contributed by atoms with Gasteiger partial charge in [0, 0.05) is 11.1 Å². The van der Waals surface area contributed by atoms with Gasteiger partial charge in [-0.2, -0.15) is 0 Å². The zero-order valence-electron chi connectivity index (χ0n) is 12.8. The van der Waals surface area contributed by atoms with Crippen molar-refractivity contribution in [1.82, 2.24) is 9.88 Å². The molecule has 128 valence electrons. The largest absolute Gasteiger partial charge is 0.454 e. The number of aromatic nitrogens is 1. The van der Waals surface area contributed by atoms with Gasteiger partial charge in [0.05, 0.1) is 17.0 Å². The van der Waals surface area contributed by atoms with Gasteiger partial charge in [-0.15, -0.1) is 0 Å². The second-order valence-electron chi connectivity index (χ2n) is 5.84. The second-order valence-corrected chi connectivity index (χ2v) is 8.85. The van der Waals surface area contributed by atoms with Crippen LogP contribution in [0.4, 0.5) is 0 Å². The molecule has 10 heteroatoms. The van der Waals surface area contributed by atoms with Crippen LogP contribution in [0.1, 0.15) is 19.0 Å². The summed E-state index contributed by atoms with van der Waals surface area (Å²) in [6.45, 7) is 2.57. The molecule has 1 amide bonds. The van der Waals surface area contributed by atoms with Crippen LogP contribution in [0.3, 0.4) is 0 Å². The Kier molecular flexibility index (Phi) is 4.95. The number of hydrogen-bond donors (Lipinski definition) is 1. The normalized spacial score (nSPS) is 22.7. The summed E-state index contributed by atoms with van der Waals surface area (Å²) >= 11 is 0.981. The Morgan fingerprint density at radius 3 is 2.70 bits per heavy atom. The summed E-state index contributed by atoms with van der Waals surface area (Å²) in [6, 6.07) is 0. The van der Waals surface area contributed by atoms with E-state index in [-0.39, 0.29) is 22.9 Å². The Labute approximate surface area is 137 Å². The first-order valence-electron chi connectivity index (χ1n) is 6.92. The van der Waals surface area contributed by atoms with Crippen LogP contribution in [0.15, 0.2) is 10.2 Å². The summed E-state index contributed by atoms with van der Waals surface area (Å²) in [5.41, 5.74) is -0.187. The number of amides is 1. The molecular formula is C13H18N2O6S2. The predicted molar refractivity (Wildman–Crippen MR) is 84.1 cm³/mol. The van der Waals surface area contributed by atoms with Crippen molar-refractivity contribution in [3.05, 3.63) is 20.7 Å². The number of carbonyl (C=O) groups is 2. The van der Waals surface area contributed by atoms with Gasteiger partial charge in [0.2, 0.25) is 0 Å². The molecule has 0 aliphatic carbocycles. The molecule has 2 heterocycles. The van der Waals surface area contributed by atoms with Gasteiger partial charge in [-0.25, -0.2) is 8.42 Å². The highest BCUT2D eigenvalue weighted by molar-refractivity contribution is 7.91. The highest BCUT2D eigenvalue weighted by Crippen LogP contribution is 2.22. The Bertz CT molecular complexity index is 779. The molecule has 1 N–H and O–H groups in total. The Hall–Kier alpha value is -1.68. The van der Waals surface area contributed by atoms with Crippen molar-refractivity contribution < 1.29 is 22.7 Å². The number of thiazole rings is 1. The topological polar surface area (TPSA) is 112 Å². The van der Waals surface area contributed by atoms with Crippen LogP contribution in [0, 0.1) is 6.92 Å². The first-order valence-corrected chi connectivity index (χ1v) is 9.62. The molecule has 1 saturated heterocycles. The van der Waals surface area contributed by atoms with E-state index < -0.39 is 33.9 Å². The van der Waals surface area contributed by atoms with E-state index >= 15 is 0 Å². The lowest BCUT2D eigenvalue weighted by molar-refractivity contribution is -0.149. The van der Waals surface area contributed by atoms with Gasteiger partial charge in [-0.05, 0) is 20.3 Å². The SMILES string of the molecule is Cc1csc(=O)n1CC(=O)OCC(=O)N[C@@]1(C)CCS(=O)(=O)C1. The summed E-state index contributed by atoms with van der Waals surface area (Å²) in [7, 11) is -3.13. The Morgan fingerprint density at radius 2 is 2.17 bits per heavy atom. The number of sulfone groups is 1. The molecule has 1 aliphatic heterocycles. The summed E-state index contributed by atoms with van der Waals surface area (Å²) in [5.74, 6) is -1.35. The molecule has 2 rings (SSSR count). The minimum absolute atomic E-state index is 0.0317. The maximum absolute atomic E-state index is 11.8. The zero-order chi connectivity index (χ0) is 17.3. The van der Waals surface area contributed by atoms with Crippen LogP contribution in [0.5, 0.6) is 0 Å². The van der Waals surface area contributed by atoms with Crippen molar-refractivity contribution in [2.75, 3.05) is 18.1 Å². The minimum atomic E-state index is -3.13. The number of esters is 1. The predicted octanol–water partition coefficient (Wildman–Crippen LogP) is -0.545. The molecule has 0 radical (unpaired) electrons. The average molecular weight is 362 g/mol. The highest BCUT2D eigenvalue weighted by Gasteiger charge is 2.39. The molecule has 1 aromatic rings. The van der Waals surface area contributed by atoms with Crippen LogP contribution in [0.2, 0.25) is 0 Å². The molecular weight excluding hydrogens is 344 g/mol. The van der Waals surface area contributed by atoms with E-state index in [0.717, 1.165) is 11.3 Å². The van der Waals surface area contributed by atoms with E-state index in [1.165, 1.54) is 4.57 Å². The summed E-state index contributed by atoms with van der Waals surface area (Å²) in [5, 5.41) is 4.21. The van der Waals surface area contributed by atoms with Crippen LogP contribution >= 0.6 is 11.3 Å². The molecule has 0 aromatic carbocycles. The first kappa shape index (κ1) is 17.7. The number of nitrogens with one attached hydrogen (secondary N) is 1. The fraction of sp³-hybridized carbons (Fsp3) is 0.615. The fourth-order valence-electron chi connectivity index (χ4n) is 2.40. The van der Waals surface area contributed by atoms with E-state index in [2.05, 4.69) is 5.32 Å². The number of carbonyl (C=O) groups excluding carboxylic acids is 2. The van der Waals surface area contributed by atoms with E-state index in [1.54, 1.807) is 19.2 Å². The van der Waals surface area contributed by atoms with Crippen LogP contribution in [-0.4, -0.2) is 48.5 Å². The van der Waals surface area contributed by atoms with E-state index in [1.807, 2.05) is 0 Å². The van der Waals surface area contributed by atoms with Crippen molar-refractivity contribution in [2.24, 2.45) is 0 Å². The van der Waals surface area contributed by atoms with Gasteiger partial charge >= 0.3 is 10.8 Å². The third-order valence-corrected chi connectivity index (χ3v) is 6.36. The molecule has 0 bridgehead atoms. The van der Waals surface area contributed by atoms with Crippen LogP contribution in [0.25, 0.3) is 0 Å². The van der Waals surface area contributed by atoms with Gasteiger partial charge in [-0.1, -0.05) is 11.3 Å². The zero-order valence-corrected chi connectivity index (χ0v) is 14.5. The van der Waals surface area contributed by atoms with Gasteiger partial charge in [0.1, 0.15) is 6.54 Å². The lowest BCUT2D eigenvalue weighted by Gasteiger charge is -2.23. The second kappa shape index (κ2) is 6.44. The maximum atomic E-state index is 11.8. The monoisotopic (exact) mass is 362 g/mol. The number of ether oxygens (including phenoxy) is 1. The molecule has 1 aliphatic rings. The van der Waals surface area contributed by atoms with Crippen molar-refractivity contribution in [1.29, 1.82) is 0 Å². The molecule has 0 saturated carbocycles. The van der Waals surface area contributed by atoms with Crippen molar-refractivity contribution in [3.63, 3.8) is 0 Å². The van der Waals surface area contributed by atoms with Crippen LogP contribution < -0.4 is 10.2 Å². The lowest BCUT2D eigenvalue weighted by atomic mass is 10.0. The highest BCUT2D eigenvalue weighted by atomic mass is 32.2. The minimum Gasteiger partial charge on any atom is -0.454 e. The van der Waals surface area contributed by atoms with Gasteiger partial charge in [0.25, 0.3) is 5.91 Å². The molecule has 1 fully saturated rings. The summed E-state index contributed by atoms with van der Waals surface area (Å²) in [6.07, 6.45) is 0.332. The average Bonchev–Trinajstić information content (AvgIpc) is 2.89. The molecule has 1 aromatic heterocycles. The molecule has 23 heavy (non-hydrogen) atoms. The quantitative estimate of drug-likeness (QED) is 0.704. The molecule has 0 unspecified atom stereocenters.